The highest BCUT2D eigenvalue weighted by Crippen LogP contribution is 2.15. The van der Waals surface area contributed by atoms with E-state index in [1.54, 1.807) is 24.3 Å². The molecule has 0 saturated carbocycles. The quantitative estimate of drug-likeness (QED) is 0.707. The minimum absolute atomic E-state index is 0.00177. The number of hydrogen-bond acceptors (Lipinski definition) is 4. The molecule has 0 bridgehead atoms. The molecule has 6 nitrogen and oxygen atoms in total. The molecule has 2 amide bonds. The Bertz CT molecular complexity index is 479. The Kier molecular flexibility index (Phi) is 8.32. The monoisotopic (exact) mass is 327 g/mol. The van der Waals surface area contributed by atoms with Gasteiger partial charge >= 0.3 is 0 Å². The molecule has 0 radical (unpaired) electrons. The van der Waals surface area contributed by atoms with Gasteiger partial charge in [-0.3, -0.25) is 14.5 Å². The molecular weight excluding hydrogens is 306 g/mol. The van der Waals surface area contributed by atoms with Crippen molar-refractivity contribution in [3.8, 4) is 5.75 Å². The number of hydrogen-bond donors (Lipinski definition) is 2. The summed E-state index contributed by atoms with van der Waals surface area (Å²) in [7, 11) is 1.82. The lowest BCUT2D eigenvalue weighted by molar-refractivity contribution is -0.126. The number of rotatable bonds is 9. The summed E-state index contributed by atoms with van der Waals surface area (Å²) in [6, 6.07) is 7.10. The van der Waals surface area contributed by atoms with E-state index in [0.29, 0.717) is 24.7 Å². The Balaban J connectivity index is 2.17. The summed E-state index contributed by atoms with van der Waals surface area (Å²) in [6.07, 6.45) is 0. The van der Waals surface area contributed by atoms with Gasteiger partial charge in [0.05, 0.1) is 13.1 Å². The maximum atomic E-state index is 11.6. The van der Waals surface area contributed by atoms with Crippen LogP contribution in [0.2, 0.25) is 5.02 Å². The van der Waals surface area contributed by atoms with E-state index >= 15 is 0 Å². The van der Waals surface area contributed by atoms with Crippen LogP contribution < -0.4 is 15.4 Å². The second-order valence-corrected chi connectivity index (χ2v) is 5.21. The lowest BCUT2D eigenvalue weighted by Gasteiger charge is -2.16. The number of amides is 2. The summed E-state index contributed by atoms with van der Waals surface area (Å²) < 4.78 is 5.55. The number of benzene rings is 1. The van der Waals surface area contributed by atoms with Crippen LogP contribution in [0.1, 0.15) is 6.92 Å². The van der Waals surface area contributed by atoms with Gasteiger partial charge < -0.3 is 15.4 Å². The van der Waals surface area contributed by atoms with Crippen molar-refractivity contribution < 1.29 is 14.3 Å². The zero-order valence-corrected chi connectivity index (χ0v) is 13.7. The SMILES string of the molecule is CCNC(=O)CNC(=O)CN(C)CCOc1ccc(Cl)cc1. The number of halogens is 1. The topological polar surface area (TPSA) is 70.7 Å². The van der Waals surface area contributed by atoms with Crippen molar-refractivity contribution in [1.29, 1.82) is 0 Å². The van der Waals surface area contributed by atoms with Gasteiger partial charge in [-0.2, -0.15) is 0 Å². The van der Waals surface area contributed by atoms with Crippen LogP contribution in [0.3, 0.4) is 0 Å². The average molecular weight is 328 g/mol. The highest BCUT2D eigenvalue weighted by Gasteiger charge is 2.08. The van der Waals surface area contributed by atoms with Gasteiger partial charge in [-0.25, -0.2) is 0 Å². The van der Waals surface area contributed by atoms with Crippen LogP contribution >= 0.6 is 11.6 Å². The first-order chi connectivity index (χ1) is 10.5. The minimum Gasteiger partial charge on any atom is -0.492 e. The summed E-state index contributed by atoms with van der Waals surface area (Å²) >= 11 is 5.79. The van der Waals surface area contributed by atoms with Crippen molar-refractivity contribution in [3.05, 3.63) is 29.3 Å². The number of ether oxygens (including phenoxy) is 1. The van der Waals surface area contributed by atoms with Gasteiger partial charge in [0.15, 0.2) is 0 Å². The lowest BCUT2D eigenvalue weighted by Crippen LogP contribution is -2.41. The first-order valence-electron chi connectivity index (χ1n) is 7.11. The summed E-state index contributed by atoms with van der Waals surface area (Å²) in [5.41, 5.74) is 0. The van der Waals surface area contributed by atoms with Crippen molar-refractivity contribution in [2.24, 2.45) is 0 Å². The van der Waals surface area contributed by atoms with Crippen molar-refractivity contribution in [3.63, 3.8) is 0 Å². The van der Waals surface area contributed by atoms with Gasteiger partial charge in [0.1, 0.15) is 12.4 Å². The van der Waals surface area contributed by atoms with E-state index < -0.39 is 0 Å². The van der Waals surface area contributed by atoms with Crippen LogP contribution in [-0.4, -0.2) is 56.5 Å². The summed E-state index contributed by atoms with van der Waals surface area (Å²) in [4.78, 5) is 24.7. The van der Waals surface area contributed by atoms with E-state index in [0.717, 1.165) is 5.75 Å². The van der Waals surface area contributed by atoms with Crippen molar-refractivity contribution in [1.82, 2.24) is 15.5 Å². The molecule has 0 spiro atoms. The van der Waals surface area contributed by atoms with E-state index in [9.17, 15) is 9.59 Å². The molecule has 0 aliphatic rings. The Labute approximate surface area is 135 Å². The third-order valence-corrected chi connectivity index (χ3v) is 3.04. The molecule has 1 rings (SSSR count). The van der Waals surface area contributed by atoms with E-state index in [1.165, 1.54) is 0 Å². The number of carbonyl (C=O) groups excluding carboxylic acids is 2. The zero-order valence-electron chi connectivity index (χ0n) is 12.9. The zero-order chi connectivity index (χ0) is 16.4. The third-order valence-electron chi connectivity index (χ3n) is 2.79. The molecule has 0 aliphatic carbocycles. The van der Waals surface area contributed by atoms with Crippen LogP contribution in [0.15, 0.2) is 24.3 Å². The smallest absolute Gasteiger partial charge is 0.239 e. The third kappa shape index (κ3) is 7.85. The molecule has 1 aromatic rings. The number of likely N-dealkylation sites (N-methyl/N-ethyl adjacent to an activating group) is 2. The van der Waals surface area contributed by atoms with Crippen molar-refractivity contribution in [2.75, 3.05) is 39.8 Å². The fourth-order valence-corrected chi connectivity index (χ4v) is 1.79. The van der Waals surface area contributed by atoms with Gasteiger partial charge in [-0.15, -0.1) is 0 Å². The standard InChI is InChI=1S/C15H22ClN3O3/c1-3-17-14(20)10-18-15(21)11-19(2)8-9-22-13-6-4-12(16)5-7-13/h4-7H,3,8-11H2,1-2H3,(H,17,20)(H,18,21). The molecule has 22 heavy (non-hydrogen) atoms. The first kappa shape index (κ1) is 18.3. The molecule has 0 aliphatic heterocycles. The Morgan fingerprint density at radius 1 is 1.18 bits per heavy atom. The number of carbonyl (C=O) groups is 2. The van der Waals surface area contributed by atoms with Crippen LogP contribution in [-0.2, 0) is 9.59 Å². The second kappa shape index (κ2) is 10.0. The number of nitrogens with zero attached hydrogens (tertiary/aromatic N) is 1. The van der Waals surface area contributed by atoms with E-state index in [-0.39, 0.29) is 24.9 Å². The van der Waals surface area contributed by atoms with Crippen LogP contribution in [0.25, 0.3) is 0 Å². The second-order valence-electron chi connectivity index (χ2n) is 4.77. The Morgan fingerprint density at radius 2 is 1.86 bits per heavy atom. The molecule has 0 atom stereocenters. The Hall–Kier alpha value is -1.79. The molecule has 1 aromatic carbocycles. The van der Waals surface area contributed by atoms with Gasteiger partial charge in [0.25, 0.3) is 0 Å². The molecule has 2 N–H and O–H groups in total. The van der Waals surface area contributed by atoms with E-state index in [4.69, 9.17) is 16.3 Å². The molecule has 122 valence electrons. The fraction of sp³-hybridized carbons (Fsp3) is 0.467. The van der Waals surface area contributed by atoms with Gasteiger partial charge in [-0.1, -0.05) is 11.6 Å². The summed E-state index contributed by atoms with van der Waals surface area (Å²) in [6.45, 7) is 3.65. The maximum absolute atomic E-state index is 11.6. The largest absolute Gasteiger partial charge is 0.492 e. The van der Waals surface area contributed by atoms with E-state index in [1.807, 2.05) is 18.9 Å². The highest BCUT2D eigenvalue weighted by molar-refractivity contribution is 6.30. The molecular formula is C15H22ClN3O3. The summed E-state index contributed by atoms with van der Waals surface area (Å²) in [5.74, 6) is 0.350. The van der Waals surface area contributed by atoms with E-state index in [2.05, 4.69) is 10.6 Å². The van der Waals surface area contributed by atoms with Gasteiger partial charge in [-0.05, 0) is 38.2 Å². The highest BCUT2D eigenvalue weighted by atomic mass is 35.5. The normalized spacial score (nSPS) is 10.4. The van der Waals surface area contributed by atoms with Crippen LogP contribution in [0.5, 0.6) is 5.75 Å². The van der Waals surface area contributed by atoms with Gasteiger partial charge in [0.2, 0.25) is 11.8 Å². The molecule has 0 unspecified atom stereocenters. The predicted octanol–water partition coefficient (Wildman–Crippen LogP) is 0.903. The molecule has 7 heteroatoms. The van der Waals surface area contributed by atoms with Gasteiger partial charge in [0, 0.05) is 18.1 Å². The Morgan fingerprint density at radius 3 is 2.50 bits per heavy atom. The maximum Gasteiger partial charge on any atom is 0.239 e. The molecule has 0 heterocycles. The molecule has 0 fully saturated rings. The lowest BCUT2D eigenvalue weighted by atomic mass is 10.3. The first-order valence-corrected chi connectivity index (χ1v) is 7.49. The van der Waals surface area contributed by atoms with Crippen LogP contribution in [0, 0.1) is 0 Å². The average Bonchev–Trinajstić information content (AvgIpc) is 2.47. The van der Waals surface area contributed by atoms with Crippen LogP contribution in [0.4, 0.5) is 0 Å². The summed E-state index contributed by atoms with van der Waals surface area (Å²) in [5, 5.41) is 5.84. The predicted molar refractivity (Wildman–Crippen MR) is 86.1 cm³/mol. The fourth-order valence-electron chi connectivity index (χ4n) is 1.67. The number of nitrogens with one attached hydrogen (secondary N) is 2. The molecule has 0 aromatic heterocycles. The van der Waals surface area contributed by atoms with Crippen molar-refractivity contribution in [2.45, 2.75) is 6.92 Å². The minimum atomic E-state index is -0.194. The molecule has 0 saturated heterocycles. The van der Waals surface area contributed by atoms with Crippen molar-refractivity contribution >= 4 is 23.4 Å².